The van der Waals surface area contributed by atoms with Crippen LogP contribution in [0.3, 0.4) is 0 Å². The van der Waals surface area contributed by atoms with E-state index < -0.39 is 0 Å². The molecule has 1 aliphatic carbocycles. The van der Waals surface area contributed by atoms with Gasteiger partial charge in [-0.15, -0.1) is 24.8 Å². The van der Waals surface area contributed by atoms with Crippen LogP contribution in [0.2, 0.25) is 0 Å². The van der Waals surface area contributed by atoms with E-state index >= 15 is 0 Å². The number of hydrogen-bond donors (Lipinski definition) is 2. The summed E-state index contributed by atoms with van der Waals surface area (Å²) in [5.74, 6) is 0.380. The number of carbonyl (C=O) groups is 1. The number of nitrogens with zero attached hydrogens (tertiary/aromatic N) is 3. The first-order chi connectivity index (χ1) is 10.8. The number of amides is 1. The first kappa shape index (κ1) is 21.7. The fourth-order valence-corrected chi connectivity index (χ4v) is 2.82. The second kappa shape index (κ2) is 7.89. The molecule has 0 spiro atoms. The molecule has 2 aromatic rings. The third-order valence-corrected chi connectivity index (χ3v) is 4.14. The zero-order chi connectivity index (χ0) is 16.8. The van der Waals surface area contributed by atoms with Crippen LogP contribution >= 0.6 is 24.8 Å². The van der Waals surface area contributed by atoms with E-state index in [-0.39, 0.29) is 36.3 Å². The molecule has 0 aliphatic heterocycles. The maximum absolute atomic E-state index is 12.6. The summed E-state index contributed by atoms with van der Waals surface area (Å²) in [6.45, 7) is 9.11. The van der Waals surface area contributed by atoms with Gasteiger partial charge in [-0.3, -0.25) is 4.79 Å². The second-order valence-corrected chi connectivity index (χ2v) is 7.28. The van der Waals surface area contributed by atoms with E-state index in [1.165, 1.54) is 0 Å². The van der Waals surface area contributed by atoms with Gasteiger partial charge in [0.25, 0.3) is 5.91 Å². The van der Waals surface area contributed by atoms with Gasteiger partial charge in [0.1, 0.15) is 0 Å². The van der Waals surface area contributed by atoms with Crippen LogP contribution in [0.1, 0.15) is 61.3 Å². The maximum atomic E-state index is 12.6. The minimum atomic E-state index is -0.188. The number of halogens is 2. The molecule has 0 aromatic carbocycles. The average molecular weight is 388 g/mol. The van der Waals surface area contributed by atoms with Gasteiger partial charge in [0.15, 0.2) is 5.65 Å². The van der Waals surface area contributed by atoms with Gasteiger partial charge in [-0.05, 0) is 46.6 Å². The first-order valence-electron chi connectivity index (χ1n) is 8.22. The van der Waals surface area contributed by atoms with Gasteiger partial charge < -0.3 is 11.1 Å². The van der Waals surface area contributed by atoms with Gasteiger partial charge in [0.05, 0.1) is 22.2 Å². The molecule has 0 radical (unpaired) electrons. The van der Waals surface area contributed by atoms with Crippen molar-refractivity contribution in [3.05, 3.63) is 23.0 Å². The second-order valence-electron chi connectivity index (χ2n) is 7.28. The molecule has 25 heavy (non-hydrogen) atoms. The van der Waals surface area contributed by atoms with Gasteiger partial charge in [-0.2, -0.15) is 5.10 Å². The van der Waals surface area contributed by atoms with Crippen LogP contribution < -0.4 is 11.1 Å². The van der Waals surface area contributed by atoms with Crippen molar-refractivity contribution in [3.8, 4) is 0 Å². The quantitative estimate of drug-likeness (QED) is 0.843. The lowest BCUT2D eigenvalue weighted by Gasteiger charge is -2.20. The van der Waals surface area contributed by atoms with Crippen molar-refractivity contribution in [2.24, 2.45) is 5.73 Å². The minimum absolute atomic E-state index is 0. The van der Waals surface area contributed by atoms with Gasteiger partial charge in [0, 0.05) is 24.7 Å². The molecule has 1 amide bonds. The van der Waals surface area contributed by atoms with Crippen LogP contribution in [0.4, 0.5) is 0 Å². The molecule has 1 fully saturated rings. The lowest BCUT2D eigenvalue weighted by Crippen LogP contribution is -2.29. The number of carbonyl (C=O) groups excluding carboxylic acids is 1. The Bertz CT molecular complexity index is 762. The highest BCUT2D eigenvalue weighted by Crippen LogP contribution is 2.40. The lowest BCUT2D eigenvalue weighted by molar-refractivity contribution is 0.0956. The average Bonchev–Trinajstić information content (AvgIpc) is 3.27. The van der Waals surface area contributed by atoms with E-state index in [1.54, 1.807) is 0 Å². The molecule has 1 aliphatic rings. The molecule has 6 nitrogen and oxygen atoms in total. The summed E-state index contributed by atoms with van der Waals surface area (Å²) < 4.78 is 1.93. The van der Waals surface area contributed by atoms with E-state index in [4.69, 9.17) is 10.7 Å². The van der Waals surface area contributed by atoms with Crippen LogP contribution in [0.15, 0.2) is 6.07 Å². The van der Waals surface area contributed by atoms with Gasteiger partial charge in [0.2, 0.25) is 0 Å². The zero-order valence-electron chi connectivity index (χ0n) is 15.1. The van der Waals surface area contributed by atoms with Crippen LogP contribution in [-0.2, 0) is 5.54 Å². The summed E-state index contributed by atoms with van der Waals surface area (Å²) in [6.07, 6.45) is 2.29. The molecular formula is C17H27Cl2N5O. The minimum Gasteiger partial charge on any atom is -0.351 e. The van der Waals surface area contributed by atoms with Crippen LogP contribution in [0.5, 0.6) is 0 Å². The number of fused-ring (bicyclic) bond motifs is 1. The van der Waals surface area contributed by atoms with Crippen molar-refractivity contribution in [3.63, 3.8) is 0 Å². The molecule has 3 rings (SSSR count). The van der Waals surface area contributed by atoms with Crippen molar-refractivity contribution >= 4 is 41.8 Å². The number of aromatic nitrogens is 3. The zero-order valence-corrected chi connectivity index (χ0v) is 16.8. The highest BCUT2D eigenvalue weighted by molar-refractivity contribution is 6.06. The monoisotopic (exact) mass is 387 g/mol. The third-order valence-electron chi connectivity index (χ3n) is 4.14. The highest BCUT2D eigenvalue weighted by atomic mass is 35.5. The summed E-state index contributed by atoms with van der Waals surface area (Å²) in [7, 11) is 0. The van der Waals surface area contributed by atoms with E-state index in [0.717, 1.165) is 35.3 Å². The van der Waals surface area contributed by atoms with Crippen molar-refractivity contribution < 1.29 is 4.79 Å². The predicted octanol–water partition coefficient (Wildman–Crippen LogP) is 2.90. The van der Waals surface area contributed by atoms with Crippen LogP contribution in [0, 0.1) is 6.92 Å². The first-order valence-corrected chi connectivity index (χ1v) is 8.22. The van der Waals surface area contributed by atoms with E-state index in [2.05, 4.69) is 31.2 Å². The van der Waals surface area contributed by atoms with E-state index in [0.29, 0.717) is 24.6 Å². The van der Waals surface area contributed by atoms with Crippen molar-refractivity contribution in [2.75, 3.05) is 13.1 Å². The summed E-state index contributed by atoms with van der Waals surface area (Å²) >= 11 is 0. The number of nitrogens with one attached hydrogen (secondary N) is 1. The van der Waals surface area contributed by atoms with Crippen LogP contribution in [-0.4, -0.2) is 33.8 Å². The van der Waals surface area contributed by atoms with Crippen molar-refractivity contribution in [1.29, 1.82) is 0 Å². The molecule has 0 saturated heterocycles. The van der Waals surface area contributed by atoms with Gasteiger partial charge in [-0.1, -0.05) is 0 Å². The molecule has 0 bridgehead atoms. The molecule has 2 heterocycles. The number of pyridine rings is 1. The smallest absolute Gasteiger partial charge is 0.252 e. The molecule has 3 N–H and O–H groups in total. The molecule has 1 saturated carbocycles. The Kier molecular flexibility index (Phi) is 6.84. The Morgan fingerprint density at radius 3 is 2.52 bits per heavy atom. The Balaban J connectivity index is 0.00000156. The standard InChI is InChI=1S/C17H25N5O.2ClH/c1-10-14-12(16(23)19-8-7-18)9-13(11-5-6-11)20-15(14)22(21-10)17(2,3)4;;/h9,11H,5-8,18H2,1-4H3,(H,19,23);2*1H. The summed E-state index contributed by atoms with van der Waals surface area (Å²) in [5.41, 5.74) is 8.62. The summed E-state index contributed by atoms with van der Waals surface area (Å²) in [5, 5.41) is 8.37. The molecule has 0 unspecified atom stereocenters. The topological polar surface area (TPSA) is 85.8 Å². The molecule has 0 atom stereocenters. The molecular weight excluding hydrogens is 361 g/mol. The fourth-order valence-electron chi connectivity index (χ4n) is 2.82. The Morgan fingerprint density at radius 1 is 1.36 bits per heavy atom. The highest BCUT2D eigenvalue weighted by Gasteiger charge is 2.30. The maximum Gasteiger partial charge on any atom is 0.252 e. The molecule has 2 aromatic heterocycles. The Hall–Kier alpha value is -1.37. The normalized spacial score (nSPS) is 14.0. The Morgan fingerprint density at radius 2 is 2.00 bits per heavy atom. The summed E-state index contributed by atoms with van der Waals surface area (Å²) in [4.78, 5) is 17.4. The van der Waals surface area contributed by atoms with Crippen LogP contribution in [0.25, 0.3) is 11.0 Å². The van der Waals surface area contributed by atoms with Gasteiger partial charge >= 0.3 is 0 Å². The number of hydrogen-bond acceptors (Lipinski definition) is 4. The SMILES string of the molecule is Cc1nn(C(C)(C)C)c2nc(C3CC3)cc(C(=O)NCCN)c12.Cl.Cl. The molecule has 140 valence electrons. The summed E-state index contributed by atoms with van der Waals surface area (Å²) in [6, 6.07) is 1.94. The predicted molar refractivity (Wildman–Crippen MR) is 105 cm³/mol. The van der Waals surface area contributed by atoms with E-state index in [9.17, 15) is 4.79 Å². The lowest BCUT2D eigenvalue weighted by atomic mass is 10.1. The fraction of sp³-hybridized carbons (Fsp3) is 0.588. The Labute approximate surface area is 160 Å². The van der Waals surface area contributed by atoms with Crippen molar-refractivity contribution in [1.82, 2.24) is 20.1 Å². The third kappa shape index (κ3) is 4.25. The number of nitrogens with two attached hydrogens (primary N) is 1. The van der Waals surface area contributed by atoms with Crippen molar-refractivity contribution in [2.45, 2.75) is 52.0 Å². The molecule has 8 heteroatoms. The van der Waals surface area contributed by atoms with Gasteiger partial charge in [-0.25, -0.2) is 9.67 Å². The van der Waals surface area contributed by atoms with E-state index in [1.807, 2.05) is 17.7 Å². The largest absolute Gasteiger partial charge is 0.351 e. The number of aryl methyl sites for hydroxylation is 1. The number of rotatable bonds is 4.